The van der Waals surface area contributed by atoms with E-state index < -0.39 is 16.1 Å². The van der Waals surface area contributed by atoms with Crippen LogP contribution in [0.3, 0.4) is 0 Å². The van der Waals surface area contributed by atoms with E-state index in [0.29, 0.717) is 0 Å². The lowest BCUT2D eigenvalue weighted by molar-refractivity contribution is -0.132. The predicted molar refractivity (Wildman–Crippen MR) is 99.8 cm³/mol. The van der Waals surface area contributed by atoms with Gasteiger partial charge in [-0.15, -0.1) is 0 Å². The smallest absolute Gasteiger partial charge is 0.241 e. The van der Waals surface area contributed by atoms with Crippen molar-refractivity contribution in [1.82, 2.24) is 14.9 Å². The first kappa shape index (κ1) is 22.1. The lowest BCUT2D eigenvalue weighted by atomic mass is 10.1. The number of hydrogen-bond donors (Lipinski definition) is 3. The Hall–Kier alpha value is -1.97. The van der Waals surface area contributed by atoms with Gasteiger partial charge >= 0.3 is 0 Å². The average molecular weight is 385 g/mol. The molecule has 4 N–H and O–H groups in total. The molecule has 0 unspecified atom stereocenters. The maximum absolute atomic E-state index is 12.2. The van der Waals surface area contributed by atoms with E-state index in [-0.39, 0.29) is 42.3 Å². The zero-order chi connectivity index (χ0) is 19.9. The van der Waals surface area contributed by atoms with Gasteiger partial charge in [-0.05, 0) is 25.0 Å². The molecule has 9 heteroatoms. The van der Waals surface area contributed by atoms with Crippen LogP contribution in [-0.2, 0) is 19.6 Å². The fourth-order valence-electron chi connectivity index (χ4n) is 1.99. The Bertz CT molecular complexity index is 717. The maximum atomic E-state index is 12.2. The SMILES string of the molecule is Cc1ccc(S(=O)(=O)NCCN(C)C(=O)CNC(=O)[C@@H](N)C(C)C)cc1. The molecule has 8 nitrogen and oxygen atoms in total. The number of amides is 2. The van der Waals surface area contributed by atoms with Gasteiger partial charge in [0.05, 0.1) is 17.5 Å². The summed E-state index contributed by atoms with van der Waals surface area (Å²) in [5.41, 5.74) is 6.67. The first-order valence-corrected chi connectivity index (χ1v) is 9.86. The van der Waals surface area contributed by atoms with E-state index in [0.717, 1.165) is 5.56 Å². The lowest BCUT2D eigenvalue weighted by Gasteiger charge is -2.19. The summed E-state index contributed by atoms with van der Waals surface area (Å²) >= 11 is 0. The molecule has 0 aromatic heterocycles. The number of benzene rings is 1. The molecular formula is C17H28N4O4S. The summed E-state index contributed by atoms with van der Waals surface area (Å²) in [6, 6.07) is 5.82. The highest BCUT2D eigenvalue weighted by Crippen LogP contribution is 2.09. The van der Waals surface area contributed by atoms with Crippen molar-refractivity contribution in [3.63, 3.8) is 0 Å². The van der Waals surface area contributed by atoms with Crippen LogP contribution in [0.1, 0.15) is 19.4 Å². The van der Waals surface area contributed by atoms with Gasteiger partial charge in [0.2, 0.25) is 21.8 Å². The van der Waals surface area contributed by atoms with E-state index in [9.17, 15) is 18.0 Å². The van der Waals surface area contributed by atoms with E-state index >= 15 is 0 Å². The van der Waals surface area contributed by atoms with Gasteiger partial charge in [-0.3, -0.25) is 9.59 Å². The molecular weight excluding hydrogens is 356 g/mol. The summed E-state index contributed by atoms with van der Waals surface area (Å²) in [6.07, 6.45) is 0. The highest BCUT2D eigenvalue weighted by atomic mass is 32.2. The highest BCUT2D eigenvalue weighted by molar-refractivity contribution is 7.89. The summed E-state index contributed by atoms with van der Waals surface area (Å²) in [5, 5.41) is 2.49. The van der Waals surface area contributed by atoms with Crippen LogP contribution in [0.5, 0.6) is 0 Å². The van der Waals surface area contributed by atoms with Crippen molar-refractivity contribution in [2.24, 2.45) is 11.7 Å². The molecule has 0 heterocycles. The van der Waals surface area contributed by atoms with Crippen molar-refractivity contribution in [3.05, 3.63) is 29.8 Å². The van der Waals surface area contributed by atoms with Gasteiger partial charge in [0.1, 0.15) is 0 Å². The number of hydrogen-bond acceptors (Lipinski definition) is 5. The predicted octanol–water partition coefficient (Wildman–Crippen LogP) is -0.169. The van der Waals surface area contributed by atoms with Gasteiger partial charge in [-0.1, -0.05) is 31.5 Å². The normalized spacial score (nSPS) is 12.7. The molecule has 0 aliphatic carbocycles. The Labute approximate surface area is 155 Å². The van der Waals surface area contributed by atoms with Crippen LogP contribution in [0.4, 0.5) is 0 Å². The van der Waals surface area contributed by atoms with Crippen LogP contribution in [0, 0.1) is 12.8 Å². The van der Waals surface area contributed by atoms with Crippen molar-refractivity contribution >= 4 is 21.8 Å². The molecule has 0 aliphatic heterocycles. The van der Waals surface area contributed by atoms with E-state index in [2.05, 4.69) is 10.0 Å². The van der Waals surface area contributed by atoms with Crippen LogP contribution >= 0.6 is 0 Å². The minimum absolute atomic E-state index is 0.0287. The average Bonchev–Trinajstić information content (AvgIpc) is 2.58. The molecule has 0 spiro atoms. The molecule has 0 radical (unpaired) electrons. The van der Waals surface area contributed by atoms with Crippen LogP contribution in [0.15, 0.2) is 29.2 Å². The number of sulfonamides is 1. The Morgan fingerprint density at radius 3 is 2.31 bits per heavy atom. The minimum Gasteiger partial charge on any atom is -0.346 e. The van der Waals surface area contributed by atoms with Crippen molar-refractivity contribution in [1.29, 1.82) is 0 Å². The Kier molecular flexibility index (Phi) is 8.19. The van der Waals surface area contributed by atoms with Crippen molar-refractivity contribution in [2.45, 2.75) is 31.7 Å². The summed E-state index contributed by atoms with van der Waals surface area (Å²) in [7, 11) is -2.08. The largest absolute Gasteiger partial charge is 0.346 e. The fourth-order valence-corrected chi connectivity index (χ4v) is 3.01. The second-order valence-corrected chi connectivity index (χ2v) is 8.28. The maximum Gasteiger partial charge on any atom is 0.241 e. The lowest BCUT2D eigenvalue weighted by Crippen LogP contribution is -2.48. The summed E-state index contributed by atoms with van der Waals surface area (Å²) in [5.74, 6) is -0.746. The standard InChI is InChI=1S/C17H28N4O4S/c1-12(2)16(18)17(23)19-11-15(22)21(4)10-9-20-26(24,25)14-7-5-13(3)6-8-14/h5-8,12,16,20H,9-11,18H2,1-4H3,(H,19,23)/t16-/m0/s1. The first-order valence-electron chi connectivity index (χ1n) is 8.38. The van der Waals surface area contributed by atoms with Crippen molar-refractivity contribution in [2.75, 3.05) is 26.7 Å². The van der Waals surface area contributed by atoms with Crippen LogP contribution in [0.2, 0.25) is 0 Å². The molecule has 26 heavy (non-hydrogen) atoms. The van der Waals surface area contributed by atoms with E-state index in [1.54, 1.807) is 12.1 Å². The number of nitrogens with one attached hydrogen (secondary N) is 2. The summed E-state index contributed by atoms with van der Waals surface area (Å²) in [6.45, 7) is 5.57. The van der Waals surface area contributed by atoms with Crippen LogP contribution in [0.25, 0.3) is 0 Å². The Balaban J connectivity index is 2.43. The molecule has 1 aromatic rings. The third-order valence-corrected chi connectivity index (χ3v) is 5.41. The monoisotopic (exact) mass is 384 g/mol. The minimum atomic E-state index is -3.62. The first-order chi connectivity index (χ1) is 12.0. The molecule has 0 saturated heterocycles. The Morgan fingerprint density at radius 1 is 1.19 bits per heavy atom. The number of carbonyl (C=O) groups is 2. The Morgan fingerprint density at radius 2 is 1.77 bits per heavy atom. The van der Waals surface area contributed by atoms with Crippen LogP contribution in [-0.4, -0.2) is 57.9 Å². The van der Waals surface area contributed by atoms with Gasteiger partial charge < -0.3 is 16.0 Å². The summed E-state index contributed by atoms with van der Waals surface area (Å²) in [4.78, 5) is 25.3. The number of aryl methyl sites for hydroxylation is 1. The number of likely N-dealkylation sites (N-methyl/N-ethyl adjacent to an activating group) is 1. The number of nitrogens with zero attached hydrogens (tertiary/aromatic N) is 1. The molecule has 1 aromatic carbocycles. The highest BCUT2D eigenvalue weighted by Gasteiger charge is 2.19. The van der Waals surface area contributed by atoms with Gasteiger partial charge in [0.25, 0.3) is 0 Å². The molecule has 0 bridgehead atoms. The van der Waals surface area contributed by atoms with Gasteiger partial charge in [0.15, 0.2) is 0 Å². The molecule has 0 aliphatic rings. The van der Waals surface area contributed by atoms with E-state index in [1.165, 1.54) is 24.1 Å². The molecule has 0 saturated carbocycles. The topological polar surface area (TPSA) is 122 Å². The third kappa shape index (κ3) is 6.74. The zero-order valence-corrected chi connectivity index (χ0v) is 16.5. The summed E-state index contributed by atoms with van der Waals surface area (Å²) < 4.78 is 26.8. The second-order valence-electron chi connectivity index (χ2n) is 6.51. The zero-order valence-electron chi connectivity index (χ0n) is 15.7. The van der Waals surface area contributed by atoms with Crippen molar-refractivity contribution < 1.29 is 18.0 Å². The number of carbonyl (C=O) groups excluding carboxylic acids is 2. The molecule has 1 atom stereocenters. The fraction of sp³-hybridized carbons (Fsp3) is 0.529. The van der Waals surface area contributed by atoms with Crippen molar-refractivity contribution in [3.8, 4) is 0 Å². The molecule has 0 fully saturated rings. The molecule has 2 amide bonds. The quantitative estimate of drug-likeness (QED) is 0.546. The van der Waals surface area contributed by atoms with Crippen LogP contribution < -0.4 is 15.8 Å². The number of rotatable bonds is 9. The van der Waals surface area contributed by atoms with Gasteiger partial charge in [-0.2, -0.15) is 0 Å². The van der Waals surface area contributed by atoms with Gasteiger partial charge in [0, 0.05) is 20.1 Å². The molecule has 1 rings (SSSR count). The van der Waals surface area contributed by atoms with E-state index in [4.69, 9.17) is 5.73 Å². The molecule has 146 valence electrons. The van der Waals surface area contributed by atoms with E-state index in [1.807, 2.05) is 20.8 Å². The second kappa shape index (κ2) is 9.65. The third-order valence-electron chi connectivity index (χ3n) is 3.93. The van der Waals surface area contributed by atoms with Gasteiger partial charge in [-0.25, -0.2) is 13.1 Å². The number of nitrogens with two attached hydrogens (primary N) is 1.